The molecule has 0 aliphatic rings. The van der Waals surface area contributed by atoms with Crippen LogP contribution in [0.1, 0.15) is 12.5 Å². The van der Waals surface area contributed by atoms with E-state index in [1.54, 1.807) is 30.3 Å². The monoisotopic (exact) mass is 319 g/mol. The Hall–Kier alpha value is -2.20. The third-order valence-electron chi connectivity index (χ3n) is 3.05. The fraction of sp³-hybridized carbons (Fsp3) is 0.235. The maximum absolute atomic E-state index is 12.0. The van der Waals surface area contributed by atoms with Gasteiger partial charge in [-0.1, -0.05) is 29.8 Å². The van der Waals surface area contributed by atoms with Gasteiger partial charge in [-0.05, 0) is 43.7 Å². The number of anilines is 1. The Morgan fingerprint density at radius 3 is 2.45 bits per heavy atom. The third kappa shape index (κ3) is 4.15. The van der Waals surface area contributed by atoms with Gasteiger partial charge in [-0.25, -0.2) is 0 Å². The van der Waals surface area contributed by atoms with Gasteiger partial charge in [0.2, 0.25) is 0 Å². The van der Waals surface area contributed by atoms with Gasteiger partial charge in [0, 0.05) is 10.7 Å². The number of hydrogen-bond acceptors (Lipinski definition) is 3. The lowest BCUT2D eigenvalue weighted by Crippen LogP contribution is -2.20. The van der Waals surface area contributed by atoms with Gasteiger partial charge in [-0.15, -0.1) is 0 Å². The predicted octanol–water partition coefficient (Wildman–Crippen LogP) is 4.06. The summed E-state index contributed by atoms with van der Waals surface area (Å²) >= 11 is 6.03. The van der Waals surface area contributed by atoms with Crippen molar-refractivity contribution in [3.8, 4) is 11.5 Å². The van der Waals surface area contributed by atoms with Gasteiger partial charge in [0.25, 0.3) is 5.91 Å². The molecule has 0 bridgehead atoms. The first-order chi connectivity index (χ1) is 10.6. The third-order valence-corrected chi connectivity index (χ3v) is 3.46. The molecule has 116 valence electrons. The van der Waals surface area contributed by atoms with Crippen molar-refractivity contribution in [3.05, 3.63) is 53.1 Å². The summed E-state index contributed by atoms with van der Waals surface area (Å²) in [4.78, 5) is 12.0. The van der Waals surface area contributed by atoms with Crippen molar-refractivity contribution in [2.45, 2.75) is 13.8 Å². The van der Waals surface area contributed by atoms with Gasteiger partial charge in [0.05, 0.1) is 6.61 Å². The average Bonchev–Trinajstić information content (AvgIpc) is 2.51. The minimum absolute atomic E-state index is 0.101. The quantitative estimate of drug-likeness (QED) is 0.873. The second kappa shape index (κ2) is 7.71. The molecule has 0 radical (unpaired) electrons. The van der Waals surface area contributed by atoms with Crippen molar-refractivity contribution in [2.75, 3.05) is 18.5 Å². The van der Waals surface area contributed by atoms with Crippen LogP contribution in [0.3, 0.4) is 0 Å². The number of hydrogen-bond donors (Lipinski definition) is 1. The summed E-state index contributed by atoms with van der Waals surface area (Å²) in [5.74, 6) is 0.913. The van der Waals surface area contributed by atoms with E-state index in [2.05, 4.69) is 5.32 Å². The first-order valence-electron chi connectivity index (χ1n) is 7.01. The molecule has 0 unspecified atom stereocenters. The summed E-state index contributed by atoms with van der Waals surface area (Å²) in [7, 11) is 0. The van der Waals surface area contributed by atoms with E-state index < -0.39 is 0 Å². The van der Waals surface area contributed by atoms with Crippen LogP contribution in [0, 0.1) is 6.92 Å². The Kier molecular flexibility index (Phi) is 5.67. The highest BCUT2D eigenvalue weighted by atomic mass is 35.5. The molecular weight excluding hydrogens is 302 g/mol. The predicted molar refractivity (Wildman–Crippen MR) is 87.9 cm³/mol. The van der Waals surface area contributed by atoms with Crippen LogP contribution in [0.25, 0.3) is 0 Å². The van der Waals surface area contributed by atoms with E-state index in [9.17, 15) is 4.79 Å². The highest BCUT2D eigenvalue weighted by Gasteiger charge is 2.09. The van der Waals surface area contributed by atoms with Gasteiger partial charge in [0.1, 0.15) is 0 Å². The van der Waals surface area contributed by atoms with Crippen molar-refractivity contribution in [2.24, 2.45) is 0 Å². The van der Waals surface area contributed by atoms with Crippen molar-refractivity contribution < 1.29 is 14.3 Å². The first kappa shape index (κ1) is 16.2. The number of para-hydroxylation sites is 2. The Morgan fingerprint density at radius 1 is 1.09 bits per heavy atom. The molecule has 4 nitrogen and oxygen atoms in total. The molecule has 0 saturated carbocycles. The van der Waals surface area contributed by atoms with Crippen LogP contribution < -0.4 is 14.8 Å². The van der Waals surface area contributed by atoms with Crippen LogP contribution in [0.15, 0.2) is 42.5 Å². The average molecular weight is 320 g/mol. The van der Waals surface area contributed by atoms with Gasteiger partial charge in [-0.3, -0.25) is 4.79 Å². The van der Waals surface area contributed by atoms with E-state index in [1.807, 2.05) is 26.0 Å². The first-order valence-corrected chi connectivity index (χ1v) is 7.39. The summed E-state index contributed by atoms with van der Waals surface area (Å²) in [6, 6.07) is 12.6. The smallest absolute Gasteiger partial charge is 0.262 e. The molecule has 2 aromatic rings. The number of nitrogens with one attached hydrogen (secondary N) is 1. The number of carbonyl (C=O) groups is 1. The summed E-state index contributed by atoms with van der Waals surface area (Å²) in [6.07, 6.45) is 0. The number of halogens is 1. The van der Waals surface area contributed by atoms with Gasteiger partial charge < -0.3 is 14.8 Å². The topological polar surface area (TPSA) is 47.6 Å². The minimum Gasteiger partial charge on any atom is -0.490 e. The molecule has 0 atom stereocenters. The second-order valence-electron chi connectivity index (χ2n) is 4.63. The number of rotatable bonds is 6. The molecule has 0 aliphatic carbocycles. The van der Waals surface area contributed by atoms with E-state index in [1.165, 1.54) is 0 Å². The number of amides is 1. The molecule has 1 N–H and O–H groups in total. The van der Waals surface area contributed by atoms with Crippen LogP contribution in [-0.4, -0.2) is 19.1 Å². The van der Waals surface area contributed by atoms with Gasteiger partial charge in [-0.2, -0.15) is 0 Å². The van der Waals surface area contributed by atoms with Crippen molar-refractivity contribution in [1.82, 2.24) is 0 Å². The molecule has 0 aromatic heterocycles. The number of ether oxygens (including phenoxy) is 2. The van der Waals surface area contributed by atoms with Crippen molar-refractivity contribution in [1.29, 1.82) is 0 Å². The highest BCUT2D eigenvalue weighted by Crippen LogP contribution is 2.26. The lowest BCUT2D eigenvalue weighted by Gasteiger charge is -2.12. The van der Waals surface area contributed by atoms with Crippen LogP contribution in [0.5, 0.6) is 11.5 Å². The van der Waals surface area contributed by atoms with Crippen molar-refractivity contribution >= 4 is 23.2 Å². The van der Waals surface area contributed by atoms with E-state index >= 15 is 0 Å². The molecule has 0 spiro atoms. The summed E-state index contributed by atoms with van der Waals surface area (Å²) < 4.78 is 11.0. The normalized spacial score (nSPS) is 10.1. The van der Waals surface area contributed by atoms with Crippen LogP contribution in [0.2, 0.25) is 5.02 Å². The molecule has 0 heterocycles. The van der Waals surface area contributed by atoms with Crippen LogP contribution in [0.4, 0.5) is 5.69 Å². The zero-order valence-corrected chi connectivity index (χ0v) is 13.3. The molecule has 22 heavy (non-hydrogen) atoms. The fourth-order valence-corrected chi connectivity index (χ4v) is 2.09. The molecular formula is C17H18ClNO3. The fourth-order valence-electron chi connectivity index (χ4n) is 1.92. The SMILES string of the molecule is CCOc1ccccc1OCC(=O)Nc1cccc(Cl)c1C. The lowest BCUT2D eigenvalue weighted by atomic mass is 10.2. The summed E-state index contributed by atoms with van der Waals surface area (Å²) in [6.45, 7) is 4.18. The summed E-state index contributed by atoms with van der Waals surface area (Å²) in [5, 5.41) is 3.40. The summed E-state index contributed by atoms with van der Waals surface area (Å²) in [5.41, 5.74) is 1.51. The van der Waals surface area contributed by atoms with Gasteiger partial charge >= 0.3 is 0 Å². The Bertz CT molecular complexity index is 658. The van der Waals surface area contributed by atoms with E-state index in [0.717, 1.165) is 5.56 Å². The molecule has 0 saturated heterocycles. The lowest BCUT2D eigenvalue weighted by molar-refractivity contribution is -0.118. The van der Waals surface area contributed by atoms with Crippen LogP contribution >= 0.6 is 11.6 Å². The maximum Gasteiger partial charge on any atom is 0.262 e. The van der Waals surface area contributed by atoms with Crippen molar-refractivity contribution in [3.63, 3.8) is 0 Å². The zero-order valence-electron chi connectivity index (χ0n) is 12.6. The van der Waals surface area contributed by atoms with Gasteiger partial charge in [0.15, 0.2) is 18.1 Å². The number of carbonyl (C=O) groups excluding carboxylic acids is 1. The maximum atomic E-state index is 12.0. The second-order valence-corrected chi connectivity index (χ2v) is 5.04. The minimum atomic E-state index is -0.253. The number of benzene rings is 2. The van der Waals surface area contributed by atoms with E-state index in [-0.39, 0.29) is 12.5 Å². The zero-order chi connectivity index (χ0) is 15.9. The Balaban J connectivity index is 1.97. The molecule has 0 fully saturated rings. The van der Waals surface area contributed by atoms with Crippen LogP contribution in [-0.2, 0) is 4.79 Å². The molecule has 2 aromatic carbocycles. The Labute approximate surface area is 135 Å². The van der Waals surface area contributed by atoms with E-state index in [0.29, 0.717) is 28.8 Å². The largest absolute Gasteiger partial charge is 0.490 e. The van der Waals surface area contributed by atoms with E-state index in [4.69, 9.17) is 21.1 Å². The molecule has 1 amide bonds. The standard InChI is InChI=1S/C17H18ClNO3/c1-3-21-15-9-4-5-10-16(15)22-11-17(20)19-14-8-6-7-13(18)12(14)2/h4-10H,3,11H2,1-2H3,(H,19,20). The highest BCUT2D eigenvalue weighted by molar-refractivity contribution is 6.31. The molecule has 0 aliphatic heterocycles. The molecule has 5 heteroatoms. The Morgan fingerprint density at radius 2 is 1.77 bits per heavy atom. The molecule has 2 rings (SSSR count).